The van der Waals surface area contributed by atoms with Gasteiger partial charge in [-0.2, -0.15) is 5.26 Å². The highest BCUT2D eigenvalue weighted by atomic mass is 79.9. The van der Waals surface area contributed by atoms with Crippen LogP contribution in [-0.2, 0) is 0 Å². The molecule has 0 bridgehead atoms. The first kappa shape index (κ1) is 15.7. The third kappa shape index (κ3) is 3.51. The molecule has 2 aromatic rings. The van der Waals surface area contributed by atoms with Gasteiger partial charge in [-0.3, -0.25) is 10.1 Å². The van der Waals surface area contributed by atoms with E-state index in [1.54, 1.807) is 25.3 Å². The number of nitro groups is 1. The predicted molar refractivity (Wildman–Crippen MR) is 87.4 cm³/mol. The average Bonchev–Trinajstić information content (AvgIpc) is 2.52. The Hall–Kier alpha value is -2.65. The van der Waals surface area contributed by atoms with Gasteiger partial charge in [0.25, 0.3) is 5.69 Å². The summed E-state index contributed by atoms with van der Waals surface area (Å²) in [4.78, 5) is 10.2. The molecule has 0 N–H and O–H groups in total. The van der Waals surface area contributed by atoms with Crippen molar-refractivity contribution in [1.82, 2.24) is 0 Å². The number of rotatable bonds is 4. The third-order valence-electron chi connectivity index (χ3n) is 3.00. The monoisotopic (exact) mass is 358 g/mol. The second kappa shape index (κ2) is 6.87. The summed E-state index contributed by atoms with van der Waals surface area (Å²) < 4.78 is 6.17. The smallest absolute Gasteiger partial charge is 0.270 e. The maximum absolute atomic E-state index is 10.7. The molecule has 2 rings (SSSR count). The van der Waals surface area contributed by atoms with E-state index in [1.165, 1.54) is 12.1 Å². The van der Waals surface area contributed by atoms with E-state index in [0.29, 0.717) is 11.3 Å². The van der Waals surface area contributed by atoms with Gasteiger partial charge in [-0.25, -0.2) is 0 Å². The van der Waals surface area contributed by atoms with Crippen molar-refractivity contribution in [3.63, 3.8) is 0 Å². The summed E-state index contributed by atoms with van der Waals surface area (Å²) in [5.74, 6) is 0.694. The van der Waals surface area contributed by atoms with Gasteiger partial charge in [0.1, 0.15) is 11.8 Å². The Labute approximate surface area is 135 Å². The van der Waals surface area contributed by atoms with Crippen molar-refractivity contribution in [2.75, 3.05) is 7.11 Å². The van der Waals surface area contributed by atoms with Gasteiger partial charge in [-0.1, -0.05) is 28.1 Å². The molecule has 0 spiro atoms. The average molecular weight is 359 g/mol. The van der Waals surface area contributed by atoms with E-state index in [0.717, 1.165) is 10.0 Å². The number of methoxy groups -OCH3 is 1. The lowest BCUT2D eigenvalue weighted by molar-refractivity contribution is -0.384. The lowest BCUT2D eigenvalue weighted by Gasteiger charge is -2.05. The minimum Gasteiger partial charge on any atom is -0.496 e. The summed E-state index contributed by atoms with van der Waals surface area (Å²) in [5.41, 5.74) is 1.59. The summed E-state index contributed by atoms with van der Waals surface area (Å²) in [6, 6.07) is 11.7. The minimum absolute atomic E-state index is 0.103. The van der Waals surface area contributed by atoms with Crippen molar-refractivity contribution >= 4 is 33.8 Å². The molecule has 0 aliphatic carbocycles. The number of nitro benzene ring substituents is 1. The van der Waals surface area contributed by atoms with Crippen LogP contribution in [0.2, 0.25) is 0 Å². The molecule has 0 aliphatic heterocycles. The van der Waals surface area contributed by atoms with Crippen molar-refractivity contribution in [3.8, 4) is 11.8 Å². The van der Waals surface area contributed by atoms with E-state index in [2.05, 4.69) is 15.9 Å². The van der Waals surface area contributed by atoms with E-state index in [9.17, 15) is 10.1 Å². The molecule has 5 nitrogen and oxygen atoms in total. The van der Waals surface area contributed by atoms with E-state index in [1.807, 2.05) is 24.3 Å². The molecule has 0 aliphatic rings. The molecule has 6 heteroatoms. The molecule has 2 aromatic carbocycles. The number of nitrogens with zero attached hydrogens (tertiary/aromatic N) is 2. The summed E-state index contributed by atoms with van der Waals surface area (Å²) in [7, 11) is 1.58. The fourth-order valence-electron chi connectivity index (χ4n) is 1.92. The molecule has 0 amide bonds. The lowest BCUT2D eigenvalue weighted by Crippen LogP contribution is -1.91. The molecular weight excluding hydrogens is 348 g/mol. The number of nitriles is 1. The van der Waals surface area contributed by atoms with Crippen LogP contribution in [0.15, 0.2) is 40.9 Å². The van der Waals surface area contributed by atoms with Gasteiger partial charge in [-0.05, 0) is 29.8 Å². The quantitative estimate of drug-likeness (QED) is 0.460. The molecule has 0 saturated heterocycles. The number of benzene rings is 2. The van der Waals surface area contributed by atoms with Gasteiger partial charge >= 0.3 is 0 Å². The molecule has 22 heavy (non-hydrogen) atoms. The summed E-state index contributed by atoms with van der Waals surface area (Å²) in [6.45, 7) is 0. The highest BCUT2D eigenvalue weighted by molar-refractivity contribution is 9.10. The van der Waals surface area contributed by atoms with Crippen LogP contribution in [0.3, 0.4) is 0 Å². The van der Waals surface area contributed by atoms with Gasteiger partial charge in [0, 0.05) is 22.2 Å². The van der Waals surface area contributed by atoms with Crippen LogP contribution in [0.25, 0.3) is 12.2 Å². The molecule has 0 radical (unpaired) electrons. The van der Waals surface area contributed by atoms with Crippen molar-refractivity contribution in [1.29, 1.82) is 5.26 Å². The number of hydrogen-bond donors (Lipinski definition) is 0. The first-order chi connectivity index (χ1) is 10.5. The number of halogens is 1. The molecule has 0 aromatic heterocycles. The topological polar surface area (TPSA) is 76.2 Å². The molecule has 0 heterocycles. The van der Waals surface area contributed by atoms with Crippen LogP contribution in [-0.4, -0.2) is 12.0 Å². The van der Waals surface area contributed by atoms with Crippen LogP contribution >= 0.6 is 15.9 Å². The zero-order chi connectivity index (χ0) is 16.1. The highest BCUT2D eigenvalue weighted by Gasteiger charge is 2.09. The number of ether oxygens (including phenoxy) is 1. The SMILES string of the molecule is COc1ccc(Br)cc1C=Cc1ccc([N+](=O)[O-])cc1C#N. The first-order valence-corrected chi connectivity index (χ1v) is 7.04. The van der Waals surface area contributed by atoms with Gasteiger partial charge in [-0.15, -0.1) is 0 Å². The Kier molecular flexibility index (Phi) is 4.92. The Morgan fingerprint density at radius 3 is 2.59 bits per heavy atom. The van der Waals surface area contributed by atoms with Gasteiger partial charge < -0.3 is 4.74 Å². The van der Waals surface area contributed by atoms with Crippen molar-refractivity contribution < 1.29 is 9.66 Å². The second-order valence-electron chi connectivity index (χ2n) is 4.36. The molecule has 0 unspecified atom stereocenters. The van der Waals surface area contributed by atoms with Crippen LogP contribution in [0, 0.1) is 21.4 Å². The van der Waals surface area contributed by atoms with Crippen LogP contribution in [0.1, 0.15) is 16.7 Å². The highest BCUT2D eigenvalue weighted by Crippen LogP contribution is 2.26. The third-order valence-corrected chi connectivity index (χ3v) is 3.50. The van der Waals surface area contributed by atoms with E-state index >= 15 is 0 Å². The lowest BCUT2D eigenvalue weighted by atomic mass is 10.1. The maximum Gasteiger partial charge on any atom is 0.270 e. The van der Waals surface area contributed by atoms with Crippen LogP contribution in [0.4, 0.5) is 5.69 Å². The maximum atomic E-state index is 10.7. The van der Waals surface area contributed by atoms with E-state index in [4.69, 9.17) is 10.00 Å². The van der Waals surface area contributed by atoms with Crippen molar-refractivity contribution in [2.24, 2.45) is 0 Å². The van der Waals surface area contributed by atoms with Crippen molar-refractivity contribution in [3.05, 3.63) is 67.7 Å². The van der Waals surface area contributed by atoms with Gasteiger partial charge in [0.15, 0.2) is 0 Å². The van der Waals surface area contributed by atoms with Crippen LogP contribution < -0.4 is 4.74 Å². The second-order valence-corrected chi connectivity index (χ2v) is 5.28. The largest absolute Gasteiger partial charge is 0.496 e. The Bertz CT molecular complexity index is 794. The Balaban J connectivity index is 2.41. The molecule has 110 valence electrons. The zero-order valence-corrected chi connectivity index (χ0v) is 13.2. The summed E-state index contributed by atoms with van der Waals surface area (Å²) >= 11 is 3.39. The predicted octanol–water partition coefficient (Wildman–Crippen LogP) is 4.41. The van der Waals surface area contributed by atoms with Gasteiger partial charge in [0.05, 0.1) is 17.6 Å². The Morgan fingerprint density at radius 2 is 1.95 bits per heavy atom. The standard InChI is InChI=1S/C16H11BrN2O3/c1-22-16-7-5-14(17)8-12(16)3-2-11-4-6-15(19(20)21)9-13(11)10-18/h2-9H,1H3. The minimum atomic E-state index is -0.522. The Morgan fingerprint density at radius 1 is 1.23 bits per heavy atom. The first-order valence-electron chi connectivity index (χ1n) is 6.25. The number of non-ortho nitro benzene ring substituents is 1. The fourth-order valence-corrected chi connectivity index (χ4v) is 2.29. The fraction of sp³-hybridized carbons (Fsp3) is 0.0625. The molecule has 0 saturated carbocycles. The molecular formula is C16H11BrN2O3. The summed E-state index contributed by atoms with van der Waals surface area (Å²) in [6.07, 6.45) is 3.53. The molecule has 0 atom stereocenters. The molecule has 0 fully saturated rings. The number of hydrogen-bond acceptors (Lipinski definition) is 4. The van der Waals surface area contributed by atoms with E-state index < -0.39 is 4.92 Å². The van der Waals surface area contributed by atoms with E-state index in [-0.39, 0.29) is 11.3 Å². The van der Waals surface area contributed by atoms with Crippen molar-refractivity contribution in [2.45, 2.75) is 0 Å². The zero-order valence-electron chi connectivity index (χ0n) is 11.6. The summed E-state index contributed by atoms with van der Waals surface area (Å²) in [5, 5.41) is 19.9. The van der Waals surface area contributed by atoms with Crippen LogP contribution in [0.5, 0.6) is 5.75 Å². The van der Waals surface area contributed by atoms with Gasteiger partial charge in [0.2, 0.25) is 0 Å². The normalized spacial score (nSPS) is 10.4.